The molecule has 7 heteroatoms. The predicted octanol–water partition coefficient (Wildman–Crippen LogP) is 2.40. The van der Waals surface area contributed by atoms with Crippen molar-refractivity contribution in [2.75, 3.05) is 13.1 Å². The number of H-pyrrole nitrogens is 1. The Kier molecular flexibility index (Phi) is 4.77. The molecule has 0 unspecified atom stereocenters. The van der Waals surface area contributed by atoms with Gasteiger partial charge in [-0.2, -0.15) is 5.10 Å². The fourth-order valence-corrected chi connectivity index (χ4v) is 3.71. The second kappa shape index (κ2) is 7.36. The largest absolute Gasteiger partial charge is 0.385 e. The van der Waals surface area contributed by atoms with E-state index in [1.165, 1.54) is 0 Å². The highest BCUT2D eigenvalue weighted by Gasteiger charge is 2.30. The van der Waals surface area contributed by atoms with Crippen molar-refractivity contribution in [1.82, 2.24) is 24.6 Å². The van der Waals surface area contributed by atoms with Crippen molar-refractivity contribution in [3.05, 3.63) is 60.3 Å². The van der Waals surface area contributed by atoms with Crippen LogP contribution in [-0.4, -0.2) is 48.8 Å². The van der Waals surface area contributed by atoms with E-state index in [1.54, 1.807) is 12.4 Å². The molecule has 2 N–H and O–H groups in total. The van der Waals surface area contributed by atoms with Crippen molar-refractivity contribution in [3.8, 4) is 11.3 Å². The van der Waals surface area contributed by atoms with E-state index < -0.39 is 6.10 Å². The van der Waals surface area contributed by atoms with Crippen LogP contribution in [0.2, 0.25) is 0 Å². The van der Waals surface area contributed by atoms with E-state index in [-0.39, 0.29) is 11.8 Å². The number of hydrogen-bond acceptors (Lipinski definition) is 4. The molecule has 2 aromatic heterocycles. The Balaban J connectivity index is 1.42. The second-order valence-electron chi connectivity index (χ2n) is 7.02. The number of carbonyl (C=O) groups excluding carboxylic acids is 1. The zero-order valence-electron chi connectivity index (χ0n) is 15.2. The van der Waals surface area contributed by atoms with Gasteiger partial charge in [0.05, 0.1) is 5.69 Å². The predicted molar refractivity (Wildman–Crippen MR) is 101 cm³/mol. The van der Waals surface area contributed by atoms with Crippen molar-refractivity contribution < 1.29 is 9.90 Å². The van der Waals surface area contributed by atoms with Crippen molar-refractivity contribution in [2.24, 2.45) is 13.0 Å². The van der Waals surface area contributed by atoms with E-state index in [9.17, 15) is 9.90 Å². The highest BCUT2D eigenvalue weighted by atomic mass is 16.3. The molecule has 3 heterocycles. The standard InChI is InChI=1S/C20H23N5O2/c1-24-12-9-21-19(24)18(26)14-6-10-25(11-7-14)20(27)16-4-2-3-15(13-16)17-5-8-22-23-17/h2-5,8-9,12-14,18,26H,6-7,10-11H2,1H3,(H,22,23)/t18-/m1/s1. The summed E-state index contributed by atoms with van der Waals surface area (Å²) in [5, 5.41) is 17.5. The summed E-state index contributed by atoms with van der Waals surface area (Å²) in [6.07, 6.45) is 6.17. The van der Waals surface area contributed by atoms with Gasteiger partial charge in [-0.25, -0.2) is 4.98 Å². The maximum Gasteiger partial charge on any atom is 0.253 e. The van der Waals surface area contributed by atoms with Crippen LogP contribution in [0.4, 0.5) is 0 Å². The summed E-state index contributed by atoms with van der Waals surface area (Å²) in [6, 6.07) is 9.47. The lowest BCUT2D eigenvalue weighted by molar-refractivity contribution is 0.0420. The van der Waals surface area contributed by atoms with Crippen molar-refractivity contribution >= 4 is 5.91 Å². The molecule has 1 atom stereocenters. The fraction of sp³-hybridized carbons (Fsp3) is 0.350. The number of rotatable bonds is 4. The number of carbonyl (C=O) groups is 1. The van der Waals surface area contributed by atoms with Crippen LogP contribution in [0.15, 0.2) is 48.9 Å². The topological polar surface area (TPSA) is 87.0 Å². The van der Waals surface area contributed by atoms with Gasteiger partial charge < -0.3 is 14.6 Å². The number of hydrogen-bond donors (Lipinski definition) is 2. The maximum atomic E-state index is 12.9. The number of piperidine rings is 1. The van der Waals surface area contributed by atoms with E-state index in [4.69, 9.17) is 0 Å². The molecule has 4 rings (SSSR count). The van der Waals surface area contributed by atoms with E-state index in [1.807, 2.05) is 53.0 Å². The highest BCUT2D eigenvalue weighted by molar-refractivity contribution is 5.95. The molecule has 0 aliphatic carbocycles. The van der Waals surface area contributed by atoms with Gasteiger partial charge >= 0.3 is 0 Å². The molecule has 1 aliphatic rings. The zero-order valence-corrected chi connectivity index (χ0v) is 15.2. The number of aliphatic hydroxyl groups is 1. The molecule has 3 aromatic rings. The summed E-state index contributed by atoms with van der Waals surface area (Å²) in [4.78, 5) is 19.0. The molecule has 0 bridgehead atoms. The number of nitrogens with zero attached hydrogens (tertiary/aromatic N) is 4. The molecule has 1 amide bonds. The first-order valence-electron chi connectivity index (χ1n) is 9.18. The lowest BCUT2D eigenvalue weighted by atomic mass is 9.90. The minimum Gasteiger partial charge on any atom is -0.385 e. The van der Waals surface area contributed by atoms with Crippen LogP contribution in [0.1, 0.15) is 35.1 Å². The third kappa shape index (κ3) is 3.50. The number of aliphatic hydroxyl groups excluding tert-OH is 1. The Morgan fingerprint density at radius 2 is 2.07 bits per heavy atom. The van der Waals surface area contributed by atoms with Gasteiger partial charge in [0.2, 0.25) is 0 Å². The Morgan fingerprint density at radius 1 is 1.26 bits per heavy atom. The summed E-state index contributed by atoms with van der Waals surface area (Å²) >= 11 is 0. The molecular weight excluding hydrogens is 342 g/mol. The Morgan fingerprint density at radius 3 is 2.74 bits per heavy atom. The van der Waals surface area contributed by atoms with Crippen molar-refractivity contribution in [1.29, 1.82) is 0 Å². The molecule has 7 nitrogen and oxygen atoms in total. The minimum absolute atomic E-state index is 0.0290. The van der Waals surface area contributed by atoms with E-state index in [0.717, 1.165) is 24.1 Å². The van der Waals surface area contributed by atoms with Crippen molar-refractivity contribution in [3.63, 3.8) is 0 Å². The van der Waals surface area contributed by atoms with E-state index >= 15 is 0 Å². The van der Waals surface area contributed by atoms with Gasteiger partial charge in [-0.05, 0) is 37.0 Å². The average molecular weight is 365 g/mol. The van der Waals surface area contributed by atoms with Gasteiger partial charge in [0.1, 0.15) is 11.9 Å². The molecule has 1 aliphatic heterocycles. The van der Waals surface area contributed by atoms with Gasteiger partial charge in [-0.3, -0.25) is 9.89 Å². The van der Waals surface area contributed by atoms with Gasteiger partial charge in [-0.15, -0.1) is 0 Å². The van der Waals surface area contributed by atoms with Gasteiger partial charge in [0, 0.05) is 49.9 Å². The van der Waals surface area contributed by atoms with Crippen LogP contribution >= 0.6 is 0 Å². The third-order valence-corrected chi connectivity index (χ3v) is 5.32. The molecule has 0 saturated carbocycles. The molecular formula is C20H23N5O2. The number of amides is 1. The van der Waals surface area contributed by atoms with Crippen LogP contribution in [-0.2, 0) is 7.05 Å². The Labute approximate surface area is 157 Å². The summed E-state index contributed by atoms with van der Waals surface area (Å²) in [5.41, 5.74) is 2.50. The quantitative estimate of drug-likeness (QED) is 0.743. The smallest absolute Gasteiger partial charge is 0.253 e. The summed E-state index contributed by atoms with van der Waals surface area (Å²) in [6.45, 7) is 1.28. The van der Waals surface area contributed by atoms with E-state index in [0.29, 0.717) is 24.5 Å². The van der Waals surface area contributed by atoms with Gasteiger partial charge in [0.25, 0.3) is 5.91 Å². The highest BCUT2D eigenvalue weighted by Crippen LogP contribution is 2.30. The average Bonchev–Trinajstić information content (AvgIpc) is 3.39. The van der Waals surface area contributed by atoms with Crippen LogP contribution in [0.5, 0.6) is 0 Å². The lowest BCUT2D eigenvalue weighted by Gasteiger charge is -2.34. The number of aromatic amines is 1. The molecule has 1 saturated heterocycles. The third-order valence-electron chi connectivity index (χ3n) is 5.32. The van der Waals surface area contributed by atoms with Crippen LogP contribution < -0.4 is 0 Å². The van der Waals surface area contributed by atoms with Crippen molar-refractivity contribution in [2.45, 2.75) is 18.9 Å². The second-order valence-corrected chi connectivity index (χ2v) is 7.02. The molecule has 0 radical (unpaired) electrons. The Hall–Kier alpha value is -2.93. The summed E-state index contributed by atoms with van der Waals surface area (Å²) in [5.74, 6) is 0.833. The number of benzene rings is 1. The first-order chi connectivity index (χ1) is 13.1. The van der Waals surface area contributed by atoms with Crippen LogP contribution in [0.25, 0.3) is 11.3 Å². The van der Waals surface area contributed by atoms with Crippen LogP contribution in [0.3, 0.4) is 0 Å². The minimum atomic E-state index is -0.592. The molecule has 1 fully saturated rings. The number of likely N-dealkylation sites (tertiary alicyclic amines) is 1. The SMILES string of the molecule is Cn1ccnc1[C@H](O)C1CCN(C(=O)c2cccc(-c3ccn[nH]3)c2)CC1. The molecule has 27 heavy (non-hydrogen) atoms. The molecule has 140 valence electrons. The summed E-state index contributed by atoms with van der Waals surface area (Å²) in [7, 11) is 1.89. The number of imidazole rings is 1. The van der Waals surface area contributed by atoms with E-state index in [2.05, 4.69) is 15.2 Å². The first-order valence-corrected chi connectivity index (χ1v) is 9.18. The Bertz CT molecular complexity index is 910. The van der Waals surface area contributed by atoms with Gasteiger partial charge in [-0.1, -0.05) is 12.1 Å². The zero-order chi connectivity index (χ0) is 18.8. The van der Waals surface area contributed by atoms with Gasteiger partial charge in [0.15, 0.2) is 0 Å². The number of nitrogens with one attached hydrogen (secondary N) is 1. The maximum absolute atomic E-state index is 12.9. The molecule has 1 aromatic carbocycles. The first kappa shape index (κ1) is 17.5. The normalized spacial score (nSPS) is 16.4. The fourth-order valence-electron chi connectivity index (χ4n) is 3.71. The van der Waals surface area contributed by atoms with Crippen LogP contribution in [0, 0.1) is 5.92 Å². The lowest BCUT2D eigenvalue weighted by Crippen LogP contribution is -2.40. The summed E-state index contributed by atoms with van der Waals surface area (Å²) < 4.78 is 1.85. The molecule has 0 spiro atoms. The number of aromatic nitrogens is 4. The monoisotopic (exact) mass is 365 g/mol. The number of aryl methyl sites for hydroxylation is 1.